The lowest BCUT2D eigenvalue weighted by Gasteiger charge is -2.35. The molecule has 1 aromatic carbocycles. The number of nitrogens with zero attached hydrogens (tertiary/aromatic N) is 3. The van der Waals surface area contributed by atoms with Crippen LogP contribution in [0.2, 0.25) is 5.02 Å². The maximum atomic E-state index is 12.1. The maximum absolute atomic E-state index is 12.1. The van der Waals surface area contributed by atoms with Gasteiger partial charge in [0.05, 0.1) is 6.54 Å². The van der Waals surface area contributed by atoms with Crippen molar-refractivity contribution < 1.29 is 4.79 Å². The third kappa shape index (κ3) is 5.42. The predicted octanol–water partition coefficient (Wildman–Crippen LogP) is 2.94. The number of piperazine rings is 1. The Balaban J connectivity index is 1.42. The van der Waals surface area contributed by atoms with Crippen LogP contribution < -0.4 is 10.2 Å². The molecule has 1 N–H and O–H groups in total. The first-order valence-electron chi connectivity index (χ1n) is 8.20. The van der Waals surface area contributed by atoms with E-state index >= 15 is 0 Å². The number of carbonyl (C=O) groups is 1. The summed E-state index contributed by atoms with van der Waals surface area (Å²) >= 11 is 9.36. The van der Waals surface area contributed by atoms with Gasteiger partial charge in [0.2, 0.25) is 5.91 Å². The summed E-state index contributed by atoms with van der Waals surface area (Å²) in [4.78, 5) is 21.0. The van der Waals surface area contributed by atoms with Crippen LogP contribution in [0.15, 0.2) is 47.1 Å². The summed E-state index contributed by atoms with van der Waals surface area (Å²) in [6.07, 6.45) is 1.81. The zero-order chi connectivity index (χ0) is 17.6. The number of aromatic nitrogens is 1. The topological polar surface area (TPSA) is 48.5 Å². The normalized spacial score (nSPS) is 15.2. The highest BCUT2D eigenvalue weighted by Gasteiger charge is 2.19. The lowest BCUT2D eigenvalue weighted by Crippen LogP contribution is -2.49. The fraction of sp³-hybridized carbons (Fsp3) is 0.333. The Morgan fingerprint density at radius 3 is 2.68 bits per heavy atom. The van der Waals surface area contributed by atoms with Gasteiger partial charge >= 0.3 is 0 Å². The molecule has 1 saturated heterocycles. The molecule has 1 fully saturated rings. The van der Waals surface area contributed by atoms with E-state index in [-0.39, 0.29) is 5.91 Å². The molecule has 1 aliphatic rings. The van der Waals surface area contributed by atoms with Crippen molar-refractivity contribution in [1.29, 1.82) is 0 Å². The Morgan fingerprint density at radius 2 is 2.00 bits per heavy atom. The van der Waals surface area contributed by atoms with E-state index in [0.29, 0.717) is 18.1 Å². The number of rotatable bonds is 5. The SMILES string of the molecule is O=C(CN1CCN(c2ccc(Br)cn2)CC1)NCc1cccc(Cl)c1. The molecular weight excluding hydrogens is 404 g/mol. The smallest absolute Gasteiger partial charge is 0.234 e. The zero-order valence-corrected chi connectivity index (χ0v) is 16.1. The maximum Gasteiger partial charge on any atom is 0.234 e. The van der Waals surface area contributed by atoms with Crippen LogP contribution >= 0.6 is 27.5 Å². The molecule has 1 aliphatic heterocycles. The van der Waals surface area contributed by atoms with Gasteiger partial charge in [0.1, 0.15) is 5.82 Å². The molecule has 0 saturated carbocycles. The standard InChI is InChI=1S/C18H20BrClN4O/c19-15-4-5-17(21-12-15)24-8-6-23(7-9-24)13-18(25)22-11-14-2-1-3-16(20)10-14/h1-5,10,12H,6-9,11,13H2,(H,22,25). The van der Waals surface area contributed by atoms with Gasteiger partial charge in [-0.3, -0.25) is 9.69 Å². The highest BCUT2D eigenvalue weighted by molar-refractivity contribution is 9.10. The van der Waals surface area contributed by atoms with Crippen LogP contribution in [-0.4, -0.2) is 48.5 Å². The van der Waals surface area contributed by atoms with Crippen LogP contribution in [0.25, 0.3) is 0 Å². The van der Waals surface area contributed by atoms with Crippen molar-refractivity contribution in [3.8, 4) is 0 Å². The molecule has 132 valence electrons. The summed E-state index contributed by atoms with van der Waals surface area (Å²) in [6, 6.07) is 11.5. The minimum Gasteiger partial charge on any atom is -0.354 e. The molecule has 3 rings (SSSR count). The molecule has 2 heterocycles. The zero-order valence-electron chi connectivity index (χ0n) is 13.8. The van der Waals surface area contributed by atoms with E-state index in [1.807, 2.05) is 42.6 Å². The van der Waals surface area contributed by atoms with Crippen molar-refractivity contribution in [2.24, 2.45) is 0 Å². The van der Waals surface area contributed by atoms with Crippen LogP contribution in [0, 0.1) is 0 Å². The fourth-order valence-corrected chi connectivity index (χ4v) is 3.24. The molecule has 0 atom stereocenters. The number of benzene rings is 1. The van der Waals surface area contributed by atoms with E-state index in [1.54, 1.807) is 0 Å². The van der Waals surface area contributed by atoms with E-state index in [2.05, 4.69) is 36.0 Å². The molecule has 0 spiro atoms. The van der Waals surface area contributed by atoms with E-state index in [4.69, 9.17) is 11.6 Å². The van der Waals surface area contributed by atoms with E-state index in [1.165, 1.54) is 0 Å². The average molecular weight is 424 g/mol. The van der Waals surface area contributed by atoms with Gasteiger partial charge < -0.3 is 10.2 Å². The summed E-state index contributed by atoms with van der Waals surface area (Å²) < 4.78 is 0.978. The van der Waals surface area contributed by atoms with Crippen molar-refractivity contribution in [1.82, 2.24) is 15.2 Å². The molecule has 0 unspecified atom stereocenters. The van der Waals surface area contributed by atoms with Crippen molar-refractivity contribution in [3.63, 3.8) is 0 Å². The fourth-order valence-electron chi connectivity index (χ4n) is 2.80. The van der Waals surface area contributed by atoms with Gasteiger partial charge in [-0.15, -0.1) is 0 Å². The number of hydrogen-bond donors (Lipinski definition) is 1. The van der Waals surface area contributed by atoms with Crippen molar-refractivity contribution in [3.05, 3.63) is 57.7 Å². The molecule has 1 amide bonds. The monoisotopic (exact) mass is 422 g/mol. The summed E-state index contributed by atoms with van der Waals surface area (Å²) in [5, 5.41) is 3.64. The number of nitrogens with one attached hydrogen (secondary N) is 1. The summed E-state index contributed by atoms with van der Waals surface area (Å²) in [5.41, 5.74) is 1.01. The third-order valence-corrected chi connectivity index (χ3v) is 4.86. The first kappa shape index (κ1) is 18.2. The van der Waals surface area contributed by atoms with Gasteiger partial charge in [-0.05, 0) is 45.8 Å². The highest BCUT2D eigenvalue weighted by Crippen LogP contribution is 2.16. The highest BCUT2D eigenvalue weighted by atomic mass is 79.9. The largest absolute Gasteiger partial charge is 0.354 e. The quantitative estimate of drug-likeness (QED) is 0.803. The minimum absolute atomic E-state index is 0.0372. The van der Waals surface area contributed by atoms with Crippen molar-refractivity contribution >= 4 is 39.3 Å². The minimum atomic E-state index is 0.0372. The molecule has 0 bridgehead atoms. The van der Waals surface area contributed by atoms with E-state index in [9.17, 15) is 4.79 Å². The van der Waals surface area contributed by atoms with E-state index in [0.717, 1.165) is 42.0 Å². The second kappa shape index (κ2) is 8.65. The molecule has 7 heteroatoms. The second-order valence-electron chi connectivity index (χ2n) is 6.00. The molecule has 2 aromatic rings. The number of pyridine rings is 1. The predicted molar refractivity (Wildman–Crippen MR) is 104 cm³/mol. The summed E-state index contributed by atoms with van der Waals surface area (Å²) in [6.45, 7) is 4.36. The van der Waals surface area contributed by atoms with Crippen LogP contribution in [0.3, 0.4) is 0 Å². The molecular formula is C18H20BrClN4O. The average Bonchev–Trinajstić information content (AvgIpc) is 2.62. The van der Waals surface area contributed by atoms with Crippen molar-refractivity contribution in [2.75, 3.05) is 37.6 Å². The lowest BCUT2D eigenvalue weighted by atomic mass is 10.2. The number of carbonyl (C=O) groups excluding carboxylic acids is 1. The third-order valence-electron chi connectivity index (χ3n) is 4.15. The molecule has 25 heavy (non-hydrogen) atoms. The number of halogens is 2. The van der Waals surface area contributed by atoms with Gasteiger partial charge in [-0.1, -0.05) is 23.7 Å². The summed E-state index contributed by atoms with van der Waals surface area (Å²) in [5.74, 6) is 1.02. The van der Waals surface area contributed by atoms with Crippen LogP contribution in [0.4, 0.5) is 5.82 Å². The van der Waals surface area contributed by atoms with E-state index < -0.39 is 0 Å². The van der Waals surface area contributed by atoms with Gasteiger partial charge in [-0.2, -0.15) is 0 Å². The first-order valence-corrected chi connectivity index (χ1v) is 9.37. The van der Waals surface area contributed by atoms with Gasteiger partial charge in [-0.25, -0.2) is 4.98 Å². The Hall–Kier alpha value is -1.63. The number of hydrogen-bond acceptors (Lipinski definition) is 4. The Bertz CT molecular complexity index is 717. The number of anilines is 1. The molecule has 0 radical (unpaired) electrons. The van der Waals surface area contributed by atoms with Gasteiger partial charge in [0.25, 0.3) is 0 Å². The van der Waals surface area contributed by atoms with Crippen LogP contribution in [0.1, 0.15) is 5.56 Å². The van der Waals surface area contributed by atoms with Crippen molar-refractivity contribution in [2.45, 2.75) is 6.54 Å². The second-order valence-corrected chi connectivity index (χ2v) is 7.36. The lowest BCUT2D eigenvalue weighted by molar-refractivity contribution is -0.122. The van der Waals surface area contributed by atoms with Gasteiger partial charge in [0, 0.05) is 48.4 Å². The Labute approximate surface area is 161 Å². The Morgan fingerprint density at radius 1 is 1.20 bits per heavy atom. The first-order chi connectivity index (χ1) is 12.1. The summed E-state index contributed by atoms with van der Waals surface area (Å²) in [7, 11) is 0. The van der Waals surface area contributed by atoms with Crippen LogP contribution in [0.5, 0.6) is 0 Å². The molecule has 5 nitrogen and oxygen atoms in total. The van der Waals surface area contributed by atoms with Gasteiger partial charge in [0.15, 0.2) is 0 Å². The Kier molecular flexibility index (Phi) is 6.29. The molecule has 0 aliphatic carbocycles. The van der Waals surface area contributed by atoms with Crippen LogP contribution in [-0.2, 0) is 11.3 Å². The molecule has 1 aromatic heterocycles. The number of amides is 1.